The highest BCUT2D eigenvalue weighted by Gasteiger charge is 2.35. The second kappa shape index (κ2) is 7.86. The van der Waals surface area contributed by atoms with Crippen molar-refractivity contribution < 1.29 is 17.9 Å². The number of hydrogen-bond acceptors (Lipinski definition) is 5. The maximum Gasteiger partial charge on any atom is 0.418 e. The van der Waals surface area contributed by atoms with Gasteiger partial charge in [0.1, 0.15) is 11.6 Å². The van der Waals surface area contributed by atoms with Crippen molar-refractivity contribution >= 4 is 11.2 Å². The molecule has 9 heteroatoms. The lowest BCUT2D eigenvalue weighted by Crippen LogP contribution is -2.38. The zero-order valence-electron chi connectivity index (χ0n) is 17.1. The molecule has 1 aliphatic heterocycles. The second-order valence-corrected chi connectivity index (χ2v) is 7.85. The number of aromatic nitrogens is 4. The van der Waals surface area contributed by atoms with Crippen molar-refractivity contribution in [2.45, 2.75) is 32.0 Å². The molecule has 2 unspecified atom stereocenters. The van der Waals surface area contributed by atoms with Crippen molar-refractivity contribution in [3.8, 4) is 5.75 Å². The summed E-state index contributed by atoms with van der Waals surface area (Å²) in [4.78, 5) is 15.4. The maximum absolute atomic E-state index is 13.0. The number of rotatable bonds is 4. The van der Waals surface area contributed by atoms with E-state index in [1.165, 1.54) is 7.11 Å². The predicted octanol–water partition coefficient (Wildman–Crippen LogP) is 4.02. The number of likely N-dealkylation sites (tertiary alicyclic amines) is 1. The number of methoxy groups -OCH3 is 1. The first kappa shape index (κ1) is 20.6. The Kier molecular flexibility index (Phi) is 5.40. The van der Waals surface area contributed by atoms with Crippen molar-refractivity contribution in [1.82, 2.24) is 24.4 Å². The van der Waals surface area contributed by atoms with Gasteiger partial charge in [-0.25, -0.2) is 9.97 Å². The lowest BCUT2D eigenvalue weighted by molar-refractivity contribution is -0.138. The van der Waals surface area contributed by atoms with Crippen LogP contribution in [0.3, 0.4) is 0 Å². The molecule has 1 saturated heterocycles. The van der Waals surface area contributed by atoms with Crippen LogP contribution < -0.4 is 4.74 Å². The van der Waals surface area contributed by atoms with Gasteiger partial charge in [-0.15, -0.1) is 0 Å². The minimum absolute atomic E-state index is 0.0422. The lowest BCUT2D eigenvalue weighted by Gasteiger charge is -2.36. The standard InChI is InChI=1S/C21H24F3N5O/c1-13-11-29(12-18-27-20-16(28(18)2)5-4-7-25-20)8-6-15(13)19-17(30-3)9-14(10-26-19)21(22,23)24/h4-5,7,9-10,13,15H,6,8,11-12H2,1-3H3. The third kappa shape index (κ3) is 3.86. The first-order valence-electron chi connectivity index (χ1n) is 9.87. The van der Waals surface area contributed by atoms with E-state index < -0.39 is 11.7 Å². The fourth-order valence-electron chi connectivity index (χ4n) is 4.25. The molecule has 0 spiro atoms. The average molecular weight is 419 g/mol. The van der Waals surface area contributed by atoms with Gasteiger partial charge in [0.05, 0.1) is 30.4 Å². The quantitative estimate of drug-likeness (QED) is 0.640. The van der Waals surface area contributed by atoms with Crippen LogP contribution in [0.1, 0.15) is 36.3 Å². The van der Waals surface area contributed by atoms with Crippen LogP contribution >= 0.6 is 0 Å². The Bertz CT molecular complexity index is 1050. The molecule has 3 aromatic heterocycles. The number of imidazole rings is 1. The van der Waals surface area contributed by atoms with Crippen molar-refractivity contribution in [1.29, 1.82) is 0 Å². The number of ether oxygens (including phenoxy) is 1. The summed E-state index contributed by atoms with van der Waals surface area (Å²) in [5.41, 5.74) is 1.54. The van der Waals surface area contributed by atoms with Gasteiger partial charge in [-0.1, -0.05) is 6.92 Å². The van der Waals surface area contributed by atoms with Crippen LogP contribution in [0.15, 0.2) is 30.6 Å². The molecule has 4 heterocycles. The summed E-state index contributed by atoms with van der Waals surface area (Å²) in [7, 11) is 3.37. The third-order valence-corrected chi connectivity index (χ3v) is 5.88. The third-order valence-electron chi connectivity index (χ3n) is 5.88. The summed E-state index contributed by atoms with van der Waals surface area (Å²) < 4.78 is 46.3. The number of aryl methyl sites for hydroxylation is 1. The van der Waals surface area contributed by atoms with Crippen molar-refractivity contribution in [2.24, 2.45) is 13.0 Å². The van der Waals surface area contributed by atoms with E-state index in [0.717, 1.165) is 48.8 Å². The van der Waals surface area contributed by atoms with Gasteiger partial charge in [0, 0.05) is 31.9 Å². The van der Waals surface area contributed by atoms with Gasteiger partial charge >= 0.3 is 6.18 Å². The van der Waals surface area contributed by atoms with Crippen molar-refractivity contribution in [3.63, 3.8) is 0 Å². The van der Waals surface area contributed by atoms with Gasteiger partial charge < -0.3 is 9.30 Å². The molecule has 30 heavy (non-hydrogen) atoms. The molecular formula is C21H24F3N5O. The molecule has 0 radical (unpaired) electrons. The SMILES string of the molecule is COc1cc(C(F)(F)F)cnc1C1CCN(Cc2nc3ncccc3n2C)CC1C. The first-order chi connectivity index (χ1) is 14.3. The Morgan fingerprint density at radius 1 is 1.27 bits per heavy atom. The maximum atomic E-state index is 13.0. The number of hydrogen-bond donors (Lipinski definition) is 0. The number of halogens is 3. The van der Waals surface area contributed by atoms with Crippen LogP contribution in [0.2, 0.25) is 0 Å². The van der Waals surface area contributed by atoms with Crippen LogP contribution in [0.4, 0.5) is 13.2 Å². The predicted molar refractivity (Wildman–Crippen MR) is 106 cm³/mol. The highest BCUT2D eigenvalue weighted by Crippen LogP contribution is 2.39. The van der Waals surface area contributed by atoms with Crippen LogP contribution in [-0.2, 0) is 19.8 Å². The van der Waals surface area contributed by atoms with Gasteiger partial charge in [-0.05, 0) is 37.1 Å². The molecule has 160 valence electrons. The van der Waals surface area contributed by atoms with Gasteiger partial charge in [-0.3, -0.25) is 9.88 Å². The molecule has 1 aliphatic rings. The van der Waals surface area contributed by atoms with E-state index in [1.54, 1.807) is 6.20 Å². The summed E-state index contributed by atoms with van der Waals surface area (Å²) in [6, 6.07) is 4.94. The summed E-state index contributed by atoms with van der Waals surface area (Å²) in [6.45, 7) is 4.40. The molecule has 0 amide bonds. The minimum atomic E-state index is -4.44. The fraction of sp³-hybridized carbons (Fsp3) is 0.476. The molecule has 0 bridgehead atoms. The molecule has 4 rings (SSSR count). The Labute approximate surface area is 172 Å². The van der Waals surface area contributed by atoms with E-state index in [2.05, 4.69) is 31.3 Å². The highest BCUT2D eigenvalue weighted by atomic mass is 19.4. The van der Waals surface area contributed by atoms with E-state index in [9.17, 15) is 13.2 Å². The normalized spacial score (nSPS) is 20.6. The Hall–Kier alpha value is -2.68. The Balaban J connectivity index is 1.50. The molecule has 1 fully saturated rings. The Morgan fingerprint density at radius 2 is 2.07 bits per heavy atom. The van der Waals surface area contributed by atoms with E-state index in [0.29, 0.717) is 12.2 Å². The van der Waals surface area contributed by atoms with E-state index in [-0.39, 0.29) is 17.6 Å². The number of piperidine rings is 1. The van der Waals surface area contributed by atoms with Gasteiger partial charge in [0.25, 0.3) is 0 Å². The van der Waals surface area contributed by atoms with Crippen molar-refractivity contribution in [3.05, 3.63) is 47.7 Å². The van der Waals surface area contributed by atoms with Crippen molar-refractivity contribution in [2.75, 3.05) is 20.2 Å². The second-order valence-electron chi connectivity index (χ2n) is 7.85. The average Bonchev–Trinajstić information content (AvgIpc) is 3.03. The van der Waals surface area contributed by atoms with Crippen LogP contribution in [0.25, 0.3) is 11.2 Å². The summed E-state index contributed by atoms with van der Waals surface area (Å²) in [5.74, 6) is 1.40. The van der Waals surface area contributed by atoms with E-state index in [1.807, 2.05) is 19.2 Å². The molecule has 0 N–H and O–H groups in total. The molecule has 0 aliphatic carbocycles. The van der Waals surface area contributed by atoms with Crippen LogP contribution in [-0.4, -0.2) is 44.6 Å². The van der Waals surface area contributed by atoms with Crippen LogP contribution in [0.5, 0.6) is 5.75 Å². The van der Waals surface area contributed by atoms with Crippen LogP contribution in [0, 0.1) is 5.92 Å². The van der Waals surface area contributed by atoms with Gasteiger partial charge in [0.2, 0.25) is 0 Å². The van der Waals surface area contributed by atoms with Gasteiger partial charge in [0.15, 0.2) is 5.65 Å². The van der Waals surface area contributed by atoms with Gasteiger partial charge in [-0.2, -0.15) is 13.2 Å². The summed E-state index contributed by atoms with van der Waals surface area (Å²) in [6.07, 6.45) is -1.01. The fourth-order valence-corrected chi connectivity index (χ4v) is 4.25. The molecule has 6 nitrogen and oxygen atoms in total. The largest absolute Gasteiger partial charge is 0.495 e. The number of alkyl halides is 3. The number of pyridine rings is 2. The zero-order chi connectivity index (χ0) is 21.5. The smallest absolute Gasteiger partial charge is 0.418 e. The number of nitrogens with zero attached hydrogens (tertiary/aromatic N) is 5. The monoisotopic (exact) mass is 419 g/mol. The highest BCUT2D eigenvalue weighted by molar-refractivity contribution is 5.71. The molecule has 0 aromatic carbocycles. The van der Waals surface area contributed by atoms with E-state index in [4.69, 9.17) is 4.74 Å². The number of fused-ring (bicyclic) bond motifs is 1. The molecule has 2 atom stereocenters. The first-order valence-corrected chi connectivity index (χ1v) is 9.87. The van der Waals surface area contributed by atoms with E-state index >= 15 is 0 Å². The topological polar surface area (TPSA) is 56.1 Å². The molecule has 0 saturated carbocycles. The summed E-state index contributed by atoms with van der Waals surface area (Å²) in [5, 5.41) is 0. The molecular weight excluding hydrogens is 395 g/mol. The zero-order valence-corrected chi connectivity index (χ0v) is 17.1. The summed E-state index contributed by atoms with van der Waals surface area (Å²) >= 11 is 0. The minimum Gasteiger partial charge on any atom is -0.495 e. The molecule has 3 aromatic rings. The lowest BCUT2D eigenvalue weighted by atomic mass is 9.83. The Morgan fingerprint density at radius 3 is 2.73 bits per heavy atom.